The Hall–Kier alpha value is -6.96. The summed E-state index contributed by atoms with van der Waals surface area (Å²) in [6, 6.07) is 78.7. The molecule has 0 radical (unpaired) electrons. The van der Waals surface area contributed by atoms with E-state index in [0.29, 0.717) is 0 Å². The van der Waals surface area contributed by atoms with E-state index in [2.05, 4.69) is 231 Å². The molecule has 1 heteroatoms. The third-order valence-corrected chi connectivity index (χ3v) is 12.7. The Bertz CT molecular complexity index is 2920. The van der Waals surface area contributed by atoms with Crippen molar-refractivity contribution < 1.29 is 0 Å². The van der Waals surface area contributed by atoms with Gasteiger partial charge in [-0.1, -0.05) is 196 Å². The van der Waals surface area contributed by atoms with Gasteiger partial charge in [-0.05, 0) is 108 Å². The van der Waals surface area contributed by atoms with Crippen LogP contribution in [0.3, 0.4) is 0 Å². The van der Waals surface area contributed by atoms with E-state index in [4.69, 9.17) is 0 Å². The first kappa shape index (κ1) is 33.4. The van der Waals surface area contributed by atoms with Crippen LogP contribution in [0.15, 0.2) is 212 Å². The largest absolute Gasteiger partial charge is 0.310 e. The molecule has 2 aliphatic rings. The number of rotatable bonds is 6. The lowest BCUT2D eigenvalue weighted by atomic mass is 9.67. The van der Waals surface area contributed by atoms with Gasteiger partial charge in [0.25, 0.3) is 0 Å². The van der Waals surface area contributed by atoms with Crippen LogP contribution in [0, 0.1) is 0 Å². The normalized spacial score (nSPS) is 14.1. The third kappa shape index (κ3) is 4.89. The molecule has 2 aliphatic carbocycles. The van der Waals surface area contributed by atoms with Crippen molar-refractivity contribution in [1.29, 1.82) is 0 Å². The maximum absolute atomic E-state index is 2.52. The Morgan fingerprint density at radius 3 is 1.70 bits per heavy atom. The third-order valence-electron chi connectivity index (χ3n) is 12.7. The first-order valence-corrected chi connectivity index (χ1v) is 20.0. The fourth-order valence-electron chi connectivity index (χ4n) is 10.2. The molecule has 0 aliphatic heterocycles. The van der Waals surface area contributed by atoms with E-state index in [1.165, 1.54) is 83.2 Å². The van der Waals surface area contributed by atoms with Crippen molar-refractivity contribution in [2.45, 2.75) is 24.7 Å². The summed E-state index contributed by atoms with van der Waals surface area (Å²) in [7, 11) is 0. The van der Waals surface area contributed by atoms with E-state index in [0.717, 1.165) is 11.4 Å². The van der Waals surface area contributed by atoms with E-state index in [9.17, 15) is 0 Å². The van der Waals surface area contributed by atoms with Crippen molar-refractivity contribution in [2.24, 2.45) is 0 Å². The lowest BCUT2D eigenvalue weighted by Gasteiger charge is -2.35. The lowest BCUT2D eigenvalue weighted by molar-refractivity contribution is 0.661. The lowest BCUT2D eigenvalue weighted by Crippen LogP contribution is -2.28. The number of hydrogen-bond acceptors (Lipinski definition) is 1. The zero-order valence-corrected chi connectivity index (χ0v) is 32.2. The second-order valence-corrected chi connectivity index (χ2v) is 16.0. The molecule has 0 saturated carbocycles. The van der Waals surface area contributed by atoms with Gasteiger partial charge in [-0.3, -0.25) is 0 Å². The Labute approximate surface area is 335 Å². The van der Waals surface area contributed by atoms with Gasteiger partial charge in [0.15, 0.2) is 0 Å². The molecule has 0 saturated heterocycles. The minimum atomic E-state index is -0.500. The molecule has 0 aromatic heterocycles. The molecule has 0 N–H and O–H groups in total. The van der Waals surface area contributed by atoms with Crippen LogP contribution < -0.4 is 4.90 Å². The second-order valence-electron chi connectivity index (χ2n) is 16.0. The maximum atomic E-state index is 2.52. The van der Waals surface area contributed by atoms with Gasteiger partial charge in [-0.2, -0.15) is 0 Å². The second kappa shape index (κ2) is 12.8. The molecule has 0 atom stereocenters. The molecular weight excluding hydrogens is 687 g/mol. The first-order valence-electron chi connectivity index (χ1n) is 20.0. The summed E-state index contributed by atoms with van der Waals surface area (Å²) in [6.45, 7) is 4.81. The van der Waals surface area contributed by atoms with Gasteiger partial charge in [0.2, 0.25) is 0 Å². The summed E-state index contributed by atoms with van der Waals surface area (Å²) in [6.07, 6.45) is 0. The minimum absolute atomic E-state index is 0.238. The van der Waals surface area contributed by atoms with Gasteiger partial charge < -0.3 is 4.90 Å². The maximum Gasteiger partial charge on any atom is 0.0714 e. The van der Waals surface area contributed by atoms with Crippen LogP contribution in [0.25, 0.3) is 44.2 Å². The van der Waals surface area contributed by atoms with Gasteiger partial charge in [-0.15, -0.1) is 0 Å². The van der Waals surface area contributed by atoms with Crippen LogP contribution >= 0.6 is 0 Å². The van der Waals surface area contributed by atoms with Crippen molar-refractivity contribution in [3.63, 3.8) is 0 Å². The highest BCUT2D eigenvalue weighted by molar-refractivity contribution is 6.04. The molecule has 0 heterocycles. The van der Waals surface area contributed by atoms with Crippen LogP contribution in [0.4, 0.5) is 17.1 Å². The van der Waals surface area contributed by atoms with Crippen LogP contribution in [0.2, 0.25) is 0 Å². The average molecular weight is 728 g/mol. The summed E-state index contributed by atoms with van der Waals surface area (Å²) >= 11 is 0. The number of nitrogens with zero attached hydrogens (tertiary/aromatic N) is 1. The van der Waals surface area contributed by atoms with Crippen LogP contribution in [-0.2, 0) is 10.8 Å². The number of hydrogen-bond donors (Lipinski definition) is 0. The molecule has 270 valence electrons. The van der Waals surface area contributed by atoms with Crippen LogP contribution in [-0.4, -0.2) is 0 Å². The molecule has 57 heavy (non-hydrogen) atoms. The SMILES string of the molecule is CC1(C)c2ccc3ccccc3c2-c2cccc(N(c3ccc(-c4ccccc4)cc3)c3ccc4c(c3)C(c3ccccc3)(c3ccccc3)c3ccccc3-4)c21. The van der Waals surface area contributed by atoms with E-state index in [-0.39, 0.29) is 5.41 Å². The van der Waals surface area contributed by atoms with E-state index in [1.807, 2.05) is 0 Å². The predicted molar refractivity (Wildman–Crippen MR) is 239 cm³/mol. The quantitative estimate of drug-likeness (QED) is 0.165. The van der Waals surface area contributed by atoms with Crippen LogP contribution in [0.5, 0.6) is 0 Å². The van der Waals surface area contributed by atoms with Crippen molar-refractivity contribution >= 4 is 27.8 Å². The summed E-state index contributed by atoms with van der Waals surface area (Å²) < 4.78 is 0. The summed E-state index contributed by atoms with van der Waals surface area (Å²) in [5.74, 6) is 0. The topological polar surface area (TPSA) is 3.24 Å². The summed E-state index contributed by atoms with van der Waals surface area (Å²) in [4.78, 5) is 2.52. The Morgan fingerprint density at radius 1 is 0.386 bits per heavy atom. The molecule has 0 amide bonds. The van der Waals surface area contributed by atoms with Crippen molar-refractivity contribution in [3.8, 4) is 33.4 Å². The summed E-state index contributed by atoms with van der Waals surface area (Å²) in [5, 5.41) is 2.58. The molecular formula is C56H41N. The molecule has 1 nitrogen and oxygen atoms in total. The van der Waals surface area contributed by atoms with Crippen molar-refractivity contribution in [3.05, 3.63) is 246 Å². The van der Waals surface area contributed by atoms with Gasteiger partial charge in [-0.25, -0.2) is 0 Å². The Balaban J connectivity index is 1.19. The average Bonchev–Trinajstić information content (AvgIpc) is 3.71. The minimum Gasteiger partial charge on any atom is -0.310 e. The van der Waals surface area contributed by atoms with Gasteiger partial charge in [0.05, 0.1) is 11.1 Å². The zero-order valence-electron chi connectivity index (χ0n) is 32.2. The fraction of sp³-hybridized carbons (Fsp3) is 0.0714. The highest BCUT2D eigenvalue weighted by Gasteiger charge is 2.47. The first-order chi connectivity index (χ1) is 28.0. The van der Waals surface area contributed by atoms with Crippen molar-refractivity contribution in [2.75, 3.05) is 4.90 Å². The number of fused-ring (bicyclic) bond motifs is 8. The van der Waals surface area contributed by atoms with E-state index in [1.54, 1.807) is 0 Å². The molecule has 0 unspecified atom stereocenters. The van der Waals surface area contributed by atoms with Crippen molar-refractivity contribution in [1.82, 2.24) is 0 Å². The number of benzene rings is 9. The van der Waals surface area contributed by atoms with E-state index >= 15 is 0 Å². The molecule has 9 aromatic carbocycles. The Kier molecular flexibility index (Phi) is 7.50. The Morgan fingerprint density at radius 2 is 0.965 bits per heavy atom. The molecule has 9 aromatic rings. The fourth-order valence-corrected chi connectivity index (χ4v) is 10.2. The number of anilines is 3. The molecule has 0 spiro atoms. The van der Waals surface area contributed by atoms with E-state index < -0.39 is 5.41 Å². The molecule has 0 fully saturated rings. The predicted octanol–water partition coefficient (Wildman–Crippen LogP) is 14.6. The summed E-state index contributed by atoms with van der Waals surface area (Å²) in [5.41, 5.74) is 18.2. The highest BCUT2D eigenvalue weighted by Crippen LogP contribution is 2.59. The smallest absolute Gasteiger partial charge is 0.0714 e. The van der Waals surface area contributed by atoms with Gasteiger partial charge in [0.1, 0.15) is 0 Å². The zero-order chi connectivity index (χ0) is 38.1. The van der Waals surface area contributed by atoms with Gasteiger partial charge in [0, 0.05) is 16.8 Å². The van der Waals surface area contributed by atoms with Gasteiger partial charge >= 0.3 is 0 Å². The molecule has 0 bridgehead atoms. The molecule has 11 rings (SSSR count). The highest BCUT2D eigenvalue weighted by atomic mass is 15.1. The monoisotopic (exact) mass is 727 g/mol. The standard InChI is InChI=1S/C56H41N/c1-55(2)50-36-31-40-19-12-13-24-45(40)53(50)48-26-16-28-52(54(48)55)57(43-32-29-39(30-33-43)38-17-6-3-7-18-38)44-34-35-47-46-25-14-15-27-49(46)56(51(47)37-44,41-20-8-4-9-21-41)42-22-10-5-11-23-42/h3-37H,1-2H3. The van der Waals surface area contributed by atoms with Crippen LogP contribution in [0.1, 0.15) is 47.2 Å².